The molecule has 5 nitrogen and oxygen atoms in total. The number of ether oxygens (including phenoxy) is 1. The van der Waals surface area contributed by atoms with Gasteiger partial charge in [-0.1, -0.05) is 59.8 Å². The van der Waals surface area contributed by atoms with Gasteiger partial charge in [-0.25, -0.2) is 9.59 Å². The number of nitrogens with one attached hydrogen (secondary N) is 1. The number of hydrogen-bond donors (Lipinski definition) is 2. The Morgan fingerprint density at radius 2 is 1.38 bits per heavy atom. The van der Waals surface area contributed by atoms with E-state index in [2.05, 4.69) is 5.32 Å². The van der Waals surface area contributed by atoms with Crippen LogP contribution in [0.5, 0.6) is 0 Å². The zero-order valence-electron chi connectivity index (χ0n) is 17.6. The lowest BCUT2D eigenvalue weighted by atomic mass is 9.73. The van der Waals surface area contributed by atoms with Crippen molar-refractivity contribution in [1.82, 2.24) is 5.32 Å². The van der Waals surface area contributed by atoms with Crippen LogP contribution in [0.1, 0.15) is 93.4 Å². The normalized spacial score (nSPS) is 24.3. The standard InChI is InChI=1S/C21H37NO4/c1-19(2,3)26-18(25)22-16-15(17(23)24)20(4,5)13-11-9-8-10-12-14-21(16,6)7/h8-14H2,1-7H3,(H,22,25)(H,23,24)/b16-15+. The Balaban J connectivity index is 3.42. The number of carboxylic acid groups (broad SMARTS) is 1. The molecule has 0 aliphatic heterocycles. The molecule has 1 aliphatic rings. The van der Waals surface area contributed by atoms with Crippen molar-refractivity contribution in [2.24, 2.45) is 10.8 Å². The van der Waals surface area contributed by atoms with Gasteiger partial charge in [-0.2, -0.15) is 0 Å². The largest absolute Gasteiger partial charge is 0.478 e. The fraction of sp³-hybridized carbons (Fsp3) is 0.810. The van der Waals surface area contributed by atoms with Crippen molar-refractivity contribution in [3.63, 3.8) is 0 Å². The molecule has 0 bridgehead atoms. The number of carbonyl (C=O) groups is 2. The molecule has 5 heteroatoms. The number of rotatable bonds is 2. The maximum atomic E-state index is 12.5. The van der Waals surface area contributed by atoms with Crippen molar-refractivity contribution in [3.8, 4) is 0 Å². The van der Waals surface area contributed by atoms with Gasteiger partial charge in [0.05, 0.1) is 5.57 Å². The highest BCUT2D eigenvalue weighted by Gasteiger charge is 2.38. The minimum Gasteiger partial charge on any atom is -0.478 e. The van der Waals surface area contributed by atoms with Crippen LogP contribution in [-0.4, -0.2) is 22.8 Å². The van der Waals surface area contributed by atoms with Gasteiger partial charge in [0.25, 0.3) is 0 Å². The fourth-order valence-corrected chi connectivity index (χ4v) is 3.62. The van der Waals surface area contributed by atoms with Crippen LogP contribution >= 0.6 is 0 Å². The quantitative estimate of drug-likeness (QED) is 0.661. The summed E-state index contributed by atoms with van der Waals surface area (Å²) in [6.07, 6.45) is 6.44. The first-order valence-electron chi connectivity index (χ1n) is 9.75. The van der Waals surface area contributed by atoms with Crippen LogP contribution in [0.3, 0.4) is 0 Å². The maximum absolute atomic E-state index is 12.5. The average Bonchev–Trinajstić information content (AvgIpc) is 2.43. The van der Waals surface area contributed by atoms with Crippen molar-refractivity contribution in [2.45, 2.75) is 99.0 Å². The first kappa shape index (κ1) is 22.5. The number of hydrogen-bond acceptors (Lipinski definition) is 3. The second-order valence-corrected chi connectivity index (χ2v) is 9.72. The summed E-state index contributed by atoms with van der Waals surface area (Å²) in [4.78, 5) is 24.7. The molecule has 0 aromatic heterocycles. The Morgan fingerprint density at radius 1 is 0.923 bits per heavy atom. The van der Waals surface area contributed by atoms with Crippen molar-refractivity contribution in [1.29, 1.82) is 0 Å². The smallest absolute Gasteiger partial charge is 0.411 e. The van der Waals surface area contributed by atoms with Crippen molar-refractivity contribution < 1.29 is 19.4 Å². The van der Waals surface area contributed by atoms with Crippen molar-refractivity contribution in [2.75, 3.05) is 0 Å². The zero-order valence-corrected chi connectivity index (χ0v) is 17.6. The van der Waals surface area contributed by atoms with Crippen LogP contribution < -0.4 is 5.32 Å². The number of carboxylic acids is 1. The Kier molecular flexibility index (Phi) is 7.32. The lowest BCUT2D eigenvalue weighted by molar-refractivity contribution is -0.134. The van der Waals surface area contributed by atoms with E-state index in [0.717, 1.165) is 38.5 Å². The summed E-state index contributed by atoms with van der Waals surface area (Å²) in [5, 5.41) is 12.8. The monoisotopic (exact) mass is 367 g/mol. The minimum absolute atomic E-state index is 0.301. The lowest BCUT2D eigenvalue weighted by Gasteiger charge is -2.35. The van der Waals surface area contributed by atoms with Crippen molar-refractivity contribution >= 4 is 12.1 Å². The van der Waals surface area contributed by atoms with Gasteiger partial charge in [0, 0.05) is 11.1 Å². The molecule has 1 amide bonds. The van der Waals surface area contributed by atoms with Gasteiger partial charge in [-0.05, 0) is 39.0 Å². The molecule has 0 radical (unpaired) electrons. The number of aliphatic carboxylic acids is 1. The van der Waals surface area contributed by atoms with Crippen LogP contribution in [0.2, 0.25) is 0 Å². The average molecular weight is 368 g/mol. The van der Waals surface area contributed by atoms with Gasteiger partial charge in [0.1, 0.15) is 5.60 Å². The van der Waals surface area contributed by atoms with Crippen LogP contribution in [-0.2, 0) is 9.53 Å². The van der Waals surface area contributed by atoms with E-state index in [1.165, 1.54) is 6.42 Å². The second kappa shape index (κ2) is 8.45. The molecule has 0 aromatic carbocycles. The zero-order chi connectivity index (χ0) is 20.2. The molecule has 0 heterocycles. The van der Waals surface area contributed by atoms with Gasteiger partial charge in [0.2, 0.25) is 0 Å². The van der Waals surface area contributed by atoms with E-state index in [1.807, 2.05) is 27.7 Å². The van der Waals surface area contributed by atoms with Crippen LogP contribution in [0.25, 0.3) is 0 Å². The molecule has 26 heavy (non-hydrogen) atoms. The summed E-state index contributed by atoms with van der Waals surface area (Å²) in [5.41, 5.74) is -0.827. The van der Waals surface area contributed by atoms with E-state index < -0.39 is 28.5 Å². The topological polar surface area (TPSA) is 75.6 Å². The third-order valence-corrected chi connectivity index (χ3v) is 5.05. The fourth-order valence-electron chi connectivity index (χ4n) is 3.62. The Morgan fingerprint density at radius 3 is 1.85 bits per heavy atom. The van der Waals surface area contributed by atoms with Gasteiger partial charge in [-0.3, -0.25) is 5.32 Å². The summed E-state index contributed by atoms with van der Waals surface area (Å²) in [7, 11) is 0. The van der Waals surface area contributed by atoms with E-state index in [0.29, 0.717) is 11.3 Å². The van der Waals surface area contributed by atoms with E-state index >= 15 is 0 Å². The van der Waals surface area contributed by atoms with Crippen LogP contribution in [0, 0.1) is 10.8 Å². The number of allylic oxidation sites excluding steroid dienone is 1. The van der Waals surface area contributed by atoms with Gasteiger partial charge >= 0.3 is 12.1 Å². The number of carbonyl (C=O) groups excluding carboxylic acids is 1. The SMILES string of the molecule is CC(C)(C)OC(=O)N/C1=C(\C(=O)O)C(C)(C)CCCCCCCC1(C)C. The summed E-state index contributed by atoms with van der Waals surface area (Å²) in [6.45, 7) is 13.3. The second-order valence-electron chi connectivity index (χ2n) is 9.72. The van der Waals surface area contributed by atoms with E-state index in [9.17, 15) is 14.7 Å². The van der Waals surface area contributed by atoms with Crippen LogP contribution in [0.4, 0.5) is 4.79 Å². The number of amides is 1. The molecule has 0 saturated heterocycles. The van der Waals surface area contributed by atoms with Crippen molar-refractivity contribution in [3.05, 3.63) is 11.3 Å². The molecule has 0 saturated carbocycles. The molecular formula is C21H37NO4. The van der Waals surface area contributed by atoms with Gasteiger partial charge < -0.3 is 9.84 Å². The predicted molar refractivity (Wildman–Crippen MR) is 104 cm³/mol. The molecule has 0 fully saturated rings. The Hall–Kier alpha value is -1.52. The third kappa shape index (κ3) is 6.65. The molecule has 0 unspecified atom stereocenters. The Bertz CT molecular complexity index is 553. The Labute approximate surface area is 158 Å². The highest BCUT2D eigenvalue weighted by molar-refractivity contribution is 5.90. The summed E-state index contributed by atoms with van der Waals surface area (Å²) < 4.78 is 5.41. The molecule has 1 rings (SSSR count). The predicted octanol–water partition coefficient (Wildman–Crippen LogP) is 5.65. The van der Waals surface area contributed by atoms with Crippen LogP contribution in [0.15, 0.2) is 11.3 Å². The first-order valence-corrected chi connectivity index (χ1v) is 9.75. The van der Waals surface area contributed by atoms with E-state index in [-0.39, 0.29) is 0 Å². The molecular weight excluding hydrogens is 330 g/mol. The van der Waals surface area contributed by atoms with E-state index in [4.69, 9.17) is 4.74 Å². The summed E-state index contributed by atoms with van der Waals surface area (Å²) >= 11 is 0. The molecule has 1 aliphatic carbocycles. The maximum Gasteiger partial charge on any atom is 0.411 e. The molecule has 150 valence electrons. The van der Waals surface area contributed by atoms with Gasteiger partial charge in [-0.15, -0.1) is 0 Å². The summed E-state index contributed by atoms with van der Waals surface area (Å²) in [5.74, 6) is -0.964. The number of alkyl carbamates (subject to hydrolysis) is 1. The third-order valence-electron chi connectivity index (χ3n) is 5.05. The summed E-state index contributed by atoms with van der Waals surface area (Å²) in [6, 6.07) is 0. The first-order chi connectivity index (χ1) is 11.8. The minimum atomic E-state index is -0.964. The molecule has 0 spiro atoms. The lowest BCUT2D eigenvalue weighted by Crippen LogP contribution is -2.40. The molecule has 0 atom stereocenters. The highest BCUT2D eigenvalue weighted by atomic mass is 16.6. The van der Waals surface area contributed by atoms with E-state index in [1.54, 1.807) is 20.8 Å². The molecule has 0 aromatic rings. The molecule has 2 N–H and O–H groups in total. The highest BCUT2D eigenvalue weighted by Crippen LogP contribution is 2.42. The van der Waals surface area contributed by atoms with Gasteiger partial charge in [0.15, 0.2) is 0 Å².